The number of hydrogen-bond donors (Lipinski definition) is 2. The van der Waals surface area contributed by atoms with E-state index in [4.69, 9.17) is 5.11 Å². The average Bonchev–Trinajstić information content (AvgIpc) is 2.43. The number of aliphatic carboxylic acids is 1. The minimum Gasteiger partial charge on any atom is -0.480 e. The van der Waals surface area contributed by atoms with E-state index in [9.17, 15) is 14.4 Å². The molecule has 19 heavy (non-hydrogen) atoms. The second kappa shape index (κ2) is 7.60. The van der Waals surface area contributed by atoms with Gasteiger partial charge in [0.1, 0.15) is 6.04 Å². The van der Waals surface area contributed by atoms with Crippen LogP contribution in [0.1, 0.15) is 32.1 Å². The summed E-state index contributed by atoms with van der Waals surface area (Å²) in [5, 5.41) is 11.5. The molecule has 0 radical (unpaired) electrons. The highest BCUT2D eigenvalue weighted by Crippen LogP contribution is 2.09. The van der Waals surface area contributed by atoms with Gasteiger partial charge in [0.15, 0.2) is 0 Å². The average molecular weight is 272 g/mol. The van der Waals surface area contributed by atoms with Crippen molar-refractivity contribution < 1.29 is 24.2 Å². The van der Waals surface area contributed by atoms with Crippen molar-refractivity contribution in [1.82, 2.24) is 10.2 Å². The Labute approximate surface area is 111 Å². The third-order valence-corrected chi connectivity index (χ3v) is 3.10. The van der Waals surface area contributed by atoms with Crippen LogP contribution in [0.3, 0.4) is 0 Å². The Morgan fingerprint density at radius 2 is 1.89 bits per heavy atom. The summed E-state index contributed by atoms with van der Waals surface area (Å²) in [6, 6.07) is -1.44. The summed E-state index contributed by atoms with van der Waals surface area (Å²) >= 11 is 0. The minimum absolute atomic E-state index is 0.0294. The molecule has 1 fully saturated rings. The highest BCUT2D eigenvalue weighted by Gasteiger charge is 2.24. The molecule has 1 aliphatic rings. The zero-order valence-corrected chi connectivity index (χ0v) is 11.1. The number of piperidine rings is 1. The molecule has 1 rings (SSSR count). The van der Waals surface area contributed by atoms with Crippen molar-refractivity contribution in [2.24, 2.45) is 0 Å². The summed E-state index contributed by atoms with van der Waals surface area (Å²) in [7, 11) is 1.24. The molecule has 0 aliphatic carbocycles. The summed E-state index contributed by atoms with van der Waals surface area (Å²) in [5.74, 6) is -1.63. The second-order valence-corrected chi connectivity index (χ2v) is 4.50. The molecule has 0 aromatic rings. The van der Waals surface area contributed by atoms with E-state index in [1.165, 1.54) is 7.11 Å². The van der Waals surface area contributed by atoms with Gasteiger partial charge in [-0.15, -0.1) is 0 Å². The maximum absolute atomic E-state index is 11.9. The number of nitrogens with zero attached hydrogens (tertiary/aromatic N) is 1. The largest absolute Gasteiger partial charge is 0.480 e. The van der Waals surface area contributed by atoms with Crippen molar-refractivity contribution in [3.05, 3.63) is 0 Å². The summed E-state index contributed by atoms with van der Waals surface area (Å²) < 4.78 is 4.45. The summed E-state index contributed by atoms with van der Waals surface area (Å²) in [6.07, 6.45) is 2.96. The van der Waals surface area contributed by atoms with Gasteiger partial charge in [0.05, 0.1) is 7.11 Å². The minimum atomic E-state index is -1.14. The van der Waals surface area contributed by atoms with Gasteiger partial charge in [-0.3, -0.25) is 4.79 Å². The molecule has 2 N–H and O–H groups in total. The molecular weight excluding hydrogens is 252 g/mol. The van der Waals surface area contributed by atoms with Crippen LogP contribution in [-0.2, 0) is 14.3 Å². The molecule has 1 heterocycles. The Morgan fingerprint density at radius 3 is 2.42 bits per heavy atom. The molecule has 0 aromatic carbocycles. The zero-order chi connectivity index (χ0) is 14.3. The molecule has 108 valence electrons. The molecule has 1 atom stereocenters. The molecule has 1 unspecified atom stereocenters. The van der Waals surface area contributed by atoms with Gasteiger partial charge < -0.3 is 20.1 Å². The molecule has 7 heteroatoms. The number of hydrogen-bond acceptors (Lipinski definition) is 4. The molecule has 1 saturated heterocycles. The molecule has 7 nitrogen and oxygen atoms in total. The van der Waals surface area contributed by atoms with E-state index in [2.05, 4.69) is 10.1 Å². The molecular formula is C12H20N2O5. The number of carbonyl (C=O) groups excluding carboxylic acids is 2. The topological polar surface area (TPSA) is 95.9 Å². The zero-order valence-electron chi connectivity index (χ0n) is 11.1. The van der Waals surface area contributed by atoms with Gasteiger partial charge in [-0.05, 0) is 25.7 Å². The van der Waals surface area contributed by atoms with E-state index in [-0.39, 0.29) is 18.9 Å². The Morgan fingerprint density at radius 1 is 1.26 bits per heavy atom. The summed E-state index contributed by atoms with van der Waals surface area (Å²) in [4.78, 5) is 35.5. The lowest BCUT2D eigenvalue weighted by Crippen LogP contribution is -2.49. The van der Waals surface area contributed by atoms with E-state index in [0.717, 1.165) is 19.3 Å². The first kappa shape index (κ1) is 15.3. The highest BCUT2D eigenvalue weighted by molar-refractivity contribution is 5.83. The van der Waals surface area contributed by atoms with Crippen LogP contribution >= 0.6 is 0 Å². The van der Waals surface area contributed by atoms with Gasteiger partial charge in [-0.1, -0.05) is 0 Å². The highest BCUT2D eigenvalue weighted by atomic mass is 16.5. The first-order valence-corrected chi connectivity index (χ1v) is 6.39. The standard InChI is InChI=1S/C12H20N2O5/c1-19-10(15)6-5-9(11(16)17)13-12(18)14-7-3-2-4-8-14/h9H,2-8H2,1H3,(H,13,18)(H,16,17). The number of nitrogens with one attached hydrogen (secondary N) is 1. The molecule has 0 aromatic heterocycles. The van der Waals surface area contributed by atoms with Gasteiger partial charge in [0.2, 0.25) is 0 Å². The van der Waals surface area contributed by atoms with E-state index in [0.29, 0.717) is 13.1 Å². The first-order chi connectivity index (χ1) is 9.04. The van der Waals surface area contributed by atoms with E-state index in [1.807, 2.05) is 0 Å². The van der Waals surface area contributed by atoms with Gasteiger partial charge in [0.25, 0.3) is 0 Å². The van der Waals surface area contributed by atoms with Crippen LogP contribution in [0.25, 0.3) is 0 Å². The summed E-state index contributed by atoms with van der Waals surface area (Å²) in [5.41, 5.74) is 0. The van der Waals surface area contributed by atoms with Crippen LogP contribution < -0.4 is 5.32 Å². The molecule has 0 spiro atoms. The Kier molecular flexibility index (Phi) is 6.11. The fourth-order valence-electron chi connectivity index (χ4n) is 1.96. The van der Waals surface area contributed by atoms with Crippen LogP contribution in [0, 0.1) is 0 Å². The van der Waals surface area contributed by atoms with E-state index in [1.54, 1.807) is 4.90 Å². The Balaban J connectivity index is 2.45. The lowest BCUT2D eigenvalue weighted by molar-refractivity contribution is -0.142. The SMILES string of the molecule is COC(=O)CCC(NC(=O)N1CCCCC1)C(=O)O. The number of ether oxygens (including phenoxy) is 1. The van der Waals surface area contributed by atoms with Crippen LogP contribution in [0.4, 0.5) is 4.79 Å². The van der Waals surface area contributed by atoms with Crippen LogP contribution in [0.2, 0.25) is 0 Å². The predicted molar refractivity (Wildman–Crippen MR) is 66.6 cm³/mol. The quantitative estimate of drug-likeness (QED) is 0.714. The lowest BCUT2D eigenvalue weighted by Gasteiger charge is -2.28. The third kappa shape index (κ3) is 5.15. The normalized spacial score (nSPS) is 16.6. The molecule has 1 aliphatic heterocycles. The molecule has 0 saturated carbocycles. The number of urea groups is 1. The number of rotatable bonds is 5. The van der Waals surface area contributed by atoms with Gasteiger partial charge >= 0.3 is 18.0 Å². The van der Waals surface area contributed by atoms with Crippen molar-refractivity contribution in [2.45, 2.75) is 38.1 Å². The van der Waals surface area contributed by atoms with Crippen LogP contribution in [0.5, 0.6) is 0 Å². The number of carboxylic acid groups (broad SMARTS) is 1. The predicted octanol–water partition coefficient (Wildman–Crippen LogP) is 0.588. The van der Waals surface area contributed by atoms with Crippen LogP contribution in [-0.4, -0.2) is 54.2 Å². The van der Waals surface area contributed by atoms with Crippen molar-refractivity contribution in [3.63, 3.8) is 0 Å². The van der Waals surface area contributed by atoms with Crippen molar-refractivity contribution in [1.29, 1.82) is 0 Å². The van der Waals surface area contributed by atoms with E-state index >= 15 is 0 Å². The fourth-order valence-corrected chi connectivity index (χ4v) is 1.96. The number of methoxy groups -OCH3 is 1. The monoisotopic (exact) mass is 272 g/mol. The second-order valence-electron chi connectivity index (χ2n) is 4.50. The van der Waals surface area contributed by atoms with Crippen molar-refractivity contribution in [3.8, 4) is 0 Å². The molecule has 0 bridgehead atoms. The number of carboxylic acids is 1. The summed E-state index contributed by atoms with van der Waals surface area (Å²) in [6.45, 7) is 1.30. The number of carbonyl (C=O) groups is 3. The number of esters is 1. The van der Waals surface area contributed by atoms with Crippen molar-refractivity contribution in [2.75, 3.05) is 20.2 Å². The fraction of sp³-hybridized carbons (Fsp3) is 0.750. The Bertz CT molecular complexity index is 339. The third-order valence-electron chi connectivity index (χ3n) is 3.10. The maximum atomic E-state index is 11.9. The van der Waals surface area contributed by atoms with Gasteiger partial charge in [-0.2, -0.15) is 0 Å². The van der Waals surface area contributed by atoms with Crippen molar-refractivity contribution >= 4 is 18.0 Å². The number of amides is 2. The van der Waals surface area contributed by atoms with E-state index < -0.39 is 18.0 Å². The number of likely N-dealkylation sites (tertiary alicyclic amines) is 1. The Hall–Kier alpha value is -1.79. The molecule has 2 amide bonds. The lowest BCUT2D eigenvalue weighted by atomic mass is 10.1. The van der Waals surface area contributed by atoms with Gasteiger partial charge in [0, 0.05) is 19.5 Å². The van der Waals surface area contributed by atoms with Gasteiger partial charge in [-0.25, -0.2) is 9.59 Å². The maximum Gasteiger partial charge on any atom is 0.326 e. The smallest absolute Gasteiger partial charge is 0.326 e. The van der Waals surface area contributed by atoms with Crippen LogP contribution in [0.15, 0.2) is 0 Å². The first-order valence-electron chi connectivity index (χ1n) is 6.39.